The Morgan fingerprint density at radius 2 is 2.00 bits per heavy atom. The second-order valence-corrected chi connectivity index (χ2v) is 5.19. The maximum atomic E-state index is 3.51. The summed E-state index contributed by atoms with van der Waals surface area (Å²) in [5.74, 6) is 0. The monoisotopic (exact) mass is 193 g/mol. The summed E-state index contributed by atoms with van der Waals surface area (Å²) >= 11 is 2.01. The summed E-state index contributed by atoms with van der Waals surface area (Å²) in [6.45, 7) is 5.52. The van der Waals surface area contributed by atoms with Crippen molar-refractivity contribution in [2.24, 2.45) is 0 Å². The predicted molar refractivity (Wildman–Crippen MR) is 59.0 cm³/mol. The molecule has 0 radical (unpaired) electrons. The molecule has 0 amide bonds. The summed E-state index contributed by atoms with van der Waals surface area (Å²) in [4.78, 5) is 0. The van der Waals surface area contributed by atoms with Gasteiger partial charge in [-0.1, -0.05) is 36.8 Å². The molecule has 1 fully saturated rings. The van der Waals surface area contributed by atoms with E-state index in [-0.39, 0.29) is 0 Å². The van der Waals surface area contributed by atoms with Crippen molar-refractivity contribution in [1.82, 2.24) is 5.32 Å². The van der Waals surface area contributed by atoms with Crippen LogP contribution in [0, 0.1) is 6.92 Å². The van der Waals surface area contributed by atoms with Crippen LogP contribution < -0.4 is 5.32 Å². The van der Waals surface area contributed by atoms with Crippen LogP contribution in [0.3, 0.4) is 0 Å². The van der Waals surface area contributed by atoms with Crippen LogP contribution in [0.1, 0.15) is 23.4 Å². The van der Waals surface area contributed by atoms with Crippen molar-refractivity contribution in [3.8, 4) is 0 Å². The van der Waals surface area contributed by atoms with Crippen molar-refractivity contribution in [3.05, 3.63) is 35.4 Å². The third kappa shape index (κ3) is 2.06. The smallest absolute Gasteiger partial charge is 0.0792 e. The Balaban J connectivity index is 2.13. The number of hydrogen-bond donors (Lipinski definition) is 1. The normalized spacial score (nSPS) is 27.8. The topological polar surface area (TPSA) is 12.0 Å². The fourth-order valence-corrected chi connectivity index (χ4v) is 2.70. The quantitative estimate of drug-likeness (QED) is 0.736. The van der Waals surface area contributed by atoms with E-state index in [1.165, 1.54) is 11.1 Å². The summed E-state index contributed by atoms with van der Waals surface area (Å²) in [5.41, 5.74) is 2.74. The zero-order chi connectivity index (χ0) is 9.26. The molecule has 1 aromatic rings. The van der Waals surface area contributed by atoms with Gasteiger partial charge in [0.2, 0.25) is 0 Å². The number of aryl methyl sites for hydroxylation is 1. The molecule has 2 heteroatoms. The number of rotatable bonds is 1. The SMILES string of the molecule is Cc1ccc(C2NCC(C)S2)cc1. The summed E-state index contributed by atoms with van der Waals surface area (Å²) in [6.07, 6.45) is 0. The molecule has 2 atom stereocenters. The minimum atomic E-state index is 0.510. The Labute approximate surface area is 83.9 Å². The van der Waals surface area contributed by atoms with Crippen LogP contribution in [0.5, 0.6) is 0 Å². The van der Waals surface area contributed by atoms with Gasteiger partial charge in [0.15, 0.2) is 0 Å². The first-order valence-electron chi connectivity index (χ1n) is 4.71. The van der Waals surface area contributed by atoms with Crippen LogP contribution in [0.15, 0.2) is 24.3 Å². The van der Waals surface area contributed by atoms with E-state index in [1.54, 1.807) is 0 Å². The van der Waals surface area contributed by atoms with Crippen LogP contribution >= 0.6 is 11.8 Å². The lowest BCUT2D eigenvalue weighted by molar-refractivity contribution is 0.717. The fraction of sp³-hybridized carbons (Fsp3) is 0.455. The van der Waals surface area contributed by atoms with Gasteiger partial charge < -0.3 is 5.32 Å². The van der Waals surface area contributed by atoms with Crippen molar-refractivity contribution in [1.29, 1.82) is 0 Å². The van der Waals surface area contributed by atoms with Gasteiger partial charge in [-0.2, -0.15) is 0 Å². The van der Waals surface area contributed by atoms with Gasteiger partial charge in [-0.05, 0) is 12.5 Å². The first-order chi connectivity index (χ1) is 6.25. The van der Waals surface area contributed by atoms with Gasteiger partial charge in [0.25, 0.3) is 0 Å². The Morgan fingerprint density at radius 1 is 1.31 bits per heavy atom. The van der Waals surface area contributed by atoms with Gasteiger partial charge in [0.1, 0.15) is 0 Å². The molecule has 1 aromatic carbocycles. The first-order valence-corrected chi connectivity index (χ1v) is 5.65. The van der Waals surface area contributed by atoms with Crippen LogP contribution in [0.4, 0.5) is 0 Å². The number of nitrogens with one attached hydrogen (secondary N) is 1. The van der Waals surface area contributed by atoms with Crippen LogP contribution in [-0.4, -0.2) is 11.8 Å². The van der Waals surface area contributed by atoms with Crippen LogP contribution in [-0.2, 0) is 0 Å². The molecule has 0 aromatic heterocycles. The highest BCUT2D eigenvalue weighted by Crippen LogP contribution is 2.34. The minimum absolute atomic E-state index is 0.510. The van der Waals surface area contributed by atoms with E-state index in [0.717, 1.165) is 11.8 Å². The van der Waals surface area contributed by atoms with Crippen LogP contribution in [0.2, 0.25) is 0 Å². The summed E-state index contributed by atoms with van der Waals surface area (Å²) < 4.78 is 0. The molecule has 1 saturated heterocycles. The Hall–Kier alpha value is -0.470. The molecule has 0 aliphatic carbocycles. The zero-order valence-electron chi connectivity index (χ0n) is 8.08. The number of benzene rings is 1. The molecule has 1 aliphatic heterocycles. The molecular weight excluding hydrogens is 178 g/mol. The highest BCUT2D eigenvalue weighted by atomic mass is 32.2. The highest BCUT2D eigenvalue weighted by molar-refractivity contribution is 8.00. The van der Waals surface area contributed by atoms with E-state index in [0.29, 0.717) is 5.37 Å². The maximum Gasteiger partial charge on any atom is 0.0792 e. The second kappa shape index (κ2) is 3.72. The van der Waals surface area contributed by atoms with E-state index in [1.807, 2.05) is 11.8 Å². The maximum absolute atomic E-state index is 3.51. The van der Waals surface area contributed by atoms with E-state index in [4.69, 9.17) is 0 Å². The molecular formula is C11H15NS. The lowest BCUT2D eigenvalue weighted by Gasteiger charge is -2.09. The van der Waals surface area contributed by atoms with E-state index >= 15 is 0 Å². The Kier molecular flexibility index (Phi) is 2.61. The molecule has 0 spiro atoms. The number of thioether (sulfide) groups is 1. The van der Waals surface area contributed by atoms with Gasteiger partial charge in [0, 0.05) is 11.8 Å². The molecule has 2 rings (SSSR count). The van der Waals surface area contributed by atoms with Gasteiger partial charge in [0.05, 0.1) is 5.37 Å². The predicted octanol–water partition coefficient (Wildman–Crippen LogP) is 2.72. The summed E-state index contributed by atoms with van der Waals surface area (Å²) in [5, 5.41) is 4.76. The average molecular weight is 193 g/mol. The molecule has 70 valence electrons. The van der Waals surface area contributed by atoms with Gasteiger partial charge >= 0.3 is 0 Å². The third-order valence-electron chi connectivity index (χ3n) is 2.34. The molecule has 13 heavy (non-hydrogen) atoms. The molecule has 1 nitrogen and oxygen atoms in total. The number of hydrogen-bond acceptors (Lipinski definition) is 2. The van der Waals surface area contributed by atoms with E-state index < -0.39 is 0 Å². The van der Waals surface area contributed by atoms with Crippen molar-refractivity contribution >= 4 is 11.8 Å². The Bertz CT molecular complexity index is 281. The van der Waals surface area contributed by atoms with Gasteiger partial charge in [-0.3, -0.25) is 0 Å². The standard InChI is InChI=1S/C11H15NS/c1-8-3-5-10(6-4-8)11-12-7-9(2)13-11/h3-6,9,11-12H,7H2,1-2H3. The molecule has 0 bridgehead atoms. The van der Waals surface area contributed by atoms with Crippen molar-refractivity contribution in [3.63, 3.8) is 0 Å². The van der Waals surface area contributed by atoms with Crippen LogP contribution in [0.25, 0.3) is 0 Å². The lowest BCUT2D eigenvalue weighted by atomic mass is 10.1. The highest BCUT2D eigenvalue weighted by Gasteiger charge is 2.21. The fourth-order valence-electron chi connectivity index (χ4n) is 1.54. The largest absolute Gasteiger partial charge is 0.301 e. The van der Waals surface area contributed by atoms with Gasteiger partial charge in [-0.15, -0.1) is 11.8 Å². The first kappa shape index (κ1) is 9.10. The second-order valence-electron chi connectivity index (χ2n) is 3.65. The molecule has 2 unspecified atom stereocenters. The molecule has 1 aliphatic rings. The third-order valence-corrected chi connectivity index (χ3v) is 3.68. The van der Waals surface area contributed by atoms with E-state index in [2.05, 4.69) is 43.4 Å². The lowest BCUT2D eigenvalue weighted by Crippen LogP contribution is -2.13. The minimum Gasteiger partial charge on any atom is -0.301 e. The molecule has 1 heterocycles. The summed E-state index contributed by atoms with van der Waals surface area (Å²) in [7, 11) is 0. The van der Waals surface area contributed by atoms with E-state index in [9.17, 15) is 0 Å². The Morgan fingerprint density at radius 3 is 2.54 bits per heavy atom. The average Bonchev–Trinajstić information content (AvgIpc) is 2.53. The van der Waals surface area contributed by atoms with Crippen molar-refractivity contribution < 1.29 is 0 Å². The summed E-state index contributed by atoms with van der Waals surface area (Å²) in [6, 6.07) is 8.80. The zero-order valence-corrected chi connectivity index (χ0v) is 8.90. The van der Waals surface area contributed by atoms with Gasteiger partial charge in [-0.25, -0.2) is 0 Å². The van der Waals surface area contributed by atoms with Crippen molar-refractivity contribution in [2.45, 2.75) is 24.5 Å². The molecule has 1 N–H and O–H groups in total. The molecule has 0 saturated carbocycles. The van der Waals surface area contributed by atoms with Crippen molar-refractivity contribution in [2.75, 3.05) is 6.54 Å².